The lowest BCUT2D eigenvalue weighted by Crippen LogP contribution is -2.37. The van der Waals surface area contributed by atoms with Crippen LogP contribution in [0.3, 0.4) is 0 Å². The van der Waals surface area contributed by atoms with E-state index in [2.05, 4.69) is 19.2 Å². The quantitative estimate of drug-likeness (QED) is 0.125. The number of halogens is 3. The van der Waals surface area contributed by atoms with Gasteiger partial charge >= 0.3 is 6.03 Å². The number of hydrogen-bond donors (Lipinski definition) is 2. The van der Waals surface area contributed by atoms with Crippen LogP contribution >= 0.6 is 23.2 Å². The zero-order chi connectivity index (χ0) is 37.6. The van der Waals surface area contributed by atoms with Gasteiger partial charge in [-0.15, -0.1) is 0 Å². The number of nitrogens with one attached hydrogen (secondary N) is 1. The molecule has 0 aromatic heterocycles. The molecule has 0 aliphatic carbocycles. The summed E-state index contributed by atoms with van der Waals surface area (Å²) in [6.45, 7) is 8.95. The van der Waals surface area contributed by atoms with Crippen molar-refractivity contribution in [1.29, 1.82) is 0 Å². The SMILES string of the molecule is CC(C)CN(Cc1cccc(CN(Cc2ccc(-c3ccc(F)cc3)cc2)S(=O)(=O)c2cc(Cl)cc(Cl)c2O)c1)C(=O)Nc1ccccc1C(C)C. The Morgan fingerprint density at radius 1 is 0.769 bits per heavy atom. The van der Waals surface area contributed by atoms with E-state index in [0.29, 0.717) is 24.2 Å². The molecular formula is C41H42Cl2FN3O4S. The maximum atomic E-state index is 14.3. The molecule has 2 amide bonds. The number of amides is 2. The van der Waals surface area contributed by atoms with Crippen LogP contribution in [0.2, 0.25) is 10.0 Å². The van der Waals surface area contributed by atoms with Crippen LogP contribution < -0.4 is 5.32 Å². The predicted octanol–water partition coefficient (Wildman–Crippen LogP) is 10.7. The first kappa shape index (κ1) is 38.8. The molecule has 0 saturated carbocycles. The molecule has 0 heterocycles. The van der Waals surface area contributed by atoms with Gasteiger partial charge in [-0.3, -0.25) is 0 Å². The largest absolute Gasteiger partial charge is 0.505 e. The summed E-state index contributed by atoms with van der Waals surface area (Å²) in [5.41, 5.74) is 5.64. The van der Waals surface area contributed by atoms with Crippen molar-refractivity contribution in [3.05, 3.63) is 147 Å². The number of carbonyl (C=O) groups is 1. The fourth-order valence-corrected chi connectivity index (χ4v) is 8.13. The van der Waals surface area contributed by atoms with E-state index < -0.39 is 20.7 Å². The lowest BCUT2D eigenvalue weighted by atomic mass is 10.0. The van der Waals surface area contributed by atoms with E-state index in [4.69, 9.17) is 23.2 Å². The molecule has 0 radical (unpaired) electrons. The average Bonchev–Trinajstić information content (AvgIpc) is 3.10. The van der Waals surface area contributed by atoms with Crippen molar-refractivity contribution in [3.63, 3.8) is 0 Å². The van der Waals surface area contributed by atoms with Crippen LogP contribution in [-0.4, -0.2) is 35.3 Å². The second kappa shape index (κ2) is 16.9. The lowest BCUT2D eigenvalue weighted by Gasteiger charge is -2.27. The zero-order valence-corrected chi connectivity index (χ0v) is 31.8. The highest BCUT2D eigenvalue weighted by atomic mass is 35.5. The third kappa shape index (κ3) is 9.72. The van der Waals surface area contributed by atoms with Gasteiger partial charge in [0.25, 0.3) is 0 Å². The number of urea groups is 1. The number of aromatic hydroxyl groups is 1. The minimum atomic E-state index is -4.35. The molecule has 5 rings (SSSR count). The van der Waals surface area contributed by atoms with Crippen molar-refractivity contribution in [1.82, 2.24) is 9.21 Å². The van der Waals surface area contributed by atoms with E-state index in [1.165, 1.54) is 28.6 Å². The summed E-state index contributed by atoms with van der Waals surface area (Å²) in [5.74, 6) is -0.506. The third-order valence-electron chi connectivity index (χ3n) is 8.52. The summed E-state index contributed by atoms with van der Waals surface area (Å²) in [5, 5.41) is 13.8. The molecule has 5 aromatic carbocycles. The summed E-state index contributed by atoms with van der Waals surface area (Å²) < 4.78 is 43.3. The molecule has 7 nitrogen and oxygen atoms in total. The fraction of sp³-hybridized carbons (Fsp3) is 0.244. The molecule has 0 spiro atoms. The maximum absolute atomic E-state index is 14.3. The predicted molar refractivity (Wildman–Crippen MR) is 208 cm³/mol. The van der Waals surface area contributed by atoms with Crippen molar-refractivity contribution in [3.8, 4) is 16.9 Å². The second-order valence-corrected chi connectivity index (χ2v) is 16.2. The molecule has 2 N–H and O–H groups in total. The van der Waals surface area contributed by atoms with E-state index in [-0.39, 0.29) is 46.8 Å². The molecule has 52 heavy (non-hydrogen) atoms. The summed E-state index contributed by atoms with van der Waals surface area (Å²) in [4.78, 5) is 15.0. The number of phenolic OH excluding ortho intramolecular Hbond substituents is 1. The molecular weight excluding hydrogens is 720 g/mol. The Labute approximate surface area is 315 Å². The summed E-state index contributed by atoms with van der Waals surface area (Å²) in [6, 6.07) is 30.9. The monoisotopic (exact) mass is 761 g/mol. The normalized spacial score (nSPS) is 11.7. The van der Waals surface area contributed by atoms with Crippen LogP contribution in [-0.2, 0) is 29.7 Å². The Kier molecular flexibility index (Phi) is 12.6. The maximum Gasteiger partial charge on any atom is 0.322 e. The molecule has 0 atom stereocenters. The van der Waals surface area contributed by atoms with Crippen molar-refractivity contribution >= 4 is 44.9 Å². The molecule has 11 heteroatoms. The van der Waals surface area contributed by atoms with E-state index in [1.54, 1.807) is 17.0 Å². The number of anilines is 1. The van der Waals surface area contributed by atoms with Gasteiger partial charge in [0.1, 0.15) is 10.7 Å². The standard InChI is InChI=1S/C41H42Cl2FN3O4S/c1-27(2)23-46(41(49)45-38-11-6-5-10-36(38)28(3)4)24-30-8-7-9-31(20-30)26-47(52(50,51)39-22-34(42)21-37(43)40(39)48)25-29-12-14-32(15-13-29)33-16-18-35(44)19-17-33/h5-22,27-28,48H,23-26H2,1-4H3,(H,45,49). The highest BCUT2D eigenvalue weighted by Gasteiger charge is 2.30. The van der Waals surface area contributed by atoms with Gasteiger partial charge in [0.2, 0.25) is 10.0 Å². The number of benzene rings is 5. The van der Waals surface area contributed by atoms with E-state index in [9.17, 15) is 22.7 Å². The molecule has 272 valence electrons. The van der Waals surface area contributed by atoms with Crippen LogP contribution in [0.5, 0.6) is 5.75 Å². The molecule has 5 aromatic rings. The van der Waals surface area contributed by atoms with Gasteiger partial charge in [-0.25, -0.2) is 17.6 Å². The highest BCUT2D eigenvalue weighted by molar-refractivity contribution is 7.89. The zero-order valence-electron chi connectivity index (χ0n) is 29.5. The first-order valence-corrected chi connectivity index (χ1v) is 19.2. The second-order valence-electron chi connectivity index (χ2n) is 13.5. The highest BCUT2D eigenvalue weighted by Crippen LogP contribution is 2.37. The van der Waals surface area contributed by atoms with Crippen LogP contribution in [0.4, 0.5) is 14.9 Å². The van der Waals surface area contributed by atoms with Crippen molar-refractivity contribution < 1.29 is 22.7 Å². The molecule has 0 aliphatic heterocycles. The number of nitrogens with zero attached hydrogens (tertiary/aromatic N) is 2. The van der Waals surface area contributed by atoms with Gasteiger partial charge in [-0.1, -0.05) is 130 Å². The Balaban J connectivity index is 1.44. The van der Waals surface area contributed by atoms with E-state index in [1.807, 2.05) is 86.6 Å². The number of para-hydroxylation sites is 1. The minimum Gasteiger partial charge on any atom is -0.505 e. The number of phenols is 1. The number of rotatable bonds is 13. The molecule has 0 unspecified atom stereocenters. The topological polar surface area (TPSA) is 90.0 Å². The van der Waals surface area contributed by atoms with Gasteiger partial charge in [0.15, 0.2) is 5.75 Å². The number of sulfonamides is 1. The van der Waals surface area contributed by atoms with Crippen LogP contribution in [0.1, 0.15) is 55.9 Å². The number of carbonyl (C=O) groups excluding carboxylic acids is 1. The van der Waals surface area contributed by atoms with Gasteiger partial charge in [-0.05, 0) is 75.5 Å². The lowest BCUT2D eigenvalue weighted by molar-refractivity contribution is 0.201. The van der Waals surface area contributed by atoms with Crippen LogP contribution in [0.25, 0.3) is 11.1 Å². The summed E-state index contributed by atoms with van der Waals surface area (Å²) in [6.07, 6.45) is 0. The van der Waals surface area contributed by atoms with Gasteiger partial charge < -0.3 is 15.3 Å². The van der Waals surface area contributed by atoms with Crippen molar-refractivity contribution in [2.75, 3.05) is 11.9 Å². The molecule has 0 aliphatic rings. The van der Waals surface area contributed by atoms with Gasteiger partial charge in [0.05, 0.1) is 5.02 Å². The Bertz CT molecular complexity index is 2130. The first-order chi connectivity index (χ1) is 24.7. The summed E-state index contributed by atoms with van der Waals surface area (Å²) >= 11 is 12.4. The van der Waals surface area contributed by atoms with Crippen LogP contribution in [0.15, 0.2) is 114 Å². The minimum absolute atomic E-state index is 0.0447. The Hall–Kier alpha value is -4.41. The molecule has 0 bridgehead atoms. The molecule has 0 saturated heterocycles. The van der Waals surface area contributed by atoms with E-state index in [0.717, 1.165) is 27.9 Å². The Morgan fingerprint density at radius 2 is 1.37 bits per heavy atom. The van der Waals surface area contributed by atoms with Crippen molar-refractivity contribution in [2.45, 2.75) is 58.1 Å². The average molecular weight is 763 g/mol. The van der Waals surface area contributed by atoms with Gasteiger partial charge in [0, 0.05) is 36.9 Å². The van der Waals surface area contributed by atoms with Gasteiger partial charge in [-0.2, -0.15) is 4.31 Å². The smallest absolute Gasteiger partial charge is 0.322 e. The van der Waals surface area contributed by atoms with E-state index >= 15 is 0 Å². The fourth-order valence-electron chi connectivity index (χ4n) is 5.97. The first-order valence-electron chi connectivity index (χ1n) is 17.0. The van der Waals surface area contributed by atoms with Crippen LogP contribution in [0, 0.1) is 11.7 Å². The summed E-state index contributed by atoms with van der Waals surface area (Å²) in [7, 11) is -4.35. The van der Waals surface area contributed by atoms with Crippen molar-refractivity contribution in [2.24, 2.45) is 5.92 Å². The molecule has 0 fully saturated rings. The Morgan fingerprint density at radius 3 is 2.00 bits per heavy atom. The number of hydrogen-bond acceptors (Lipinski definition) is 4. The third-order valence-corrected chi connectivity index (χ3v) is 10.8.